The minimum atomic E-state index is 0.104. The van der Waals surface area contributed by atoms with E-state index in [-0.39, 0.29) is 5.41 Å². The molecule has 2 nitrogen and oxygen atoms in total. The predicted octanol–water partition coefficient (Wildman–Crippen LogP) is 2.75. The van der Waals surface area contributed by atoms with Crippen molar-refractivity contribution >= 4 is 11.6 Å². The van der Waals surface area contributed by atoms with E-state index in [0.29, 0.717) is 5.15 Å². The second kappa shape index (κ2) is 2.86. The molecule has 0 atom stereocenters. The maximum atomic E-state index is 5.71. The molecular weight excluding hydrogens is 160 g/mol. The number of aromatic amines is 1. The molecule has 3 heteroatoms. The van der Waals surface area contributed by atoms with Gasteiger partial charge >= 0.3 is 0 Å². The third-order valence-electron chi connectivity index (χ3n) is 2.07. The molecule has 0 spiro atoms. The Morgan fingerprint density at radius 2 is 2.27 bits per heavy atom. The maximum absolute atomic E-state index is 5.71. The van der Waals surface area contributed by atoms with Crippen LogP contribution < -0.4 is 0 Å². The molecule has 0 saturated heterocycles. The van der Waals surface area contributed by atoms with Crippen molar-refractivity contribution in [3.63, 3.8) is 0 Å². The summed E-state index contributed by atoms with van der Waals surface area (Å²) in [5.41, 5.74) is 0.104. The van der Waals surface area contributed by atoms with Gasteiger partial charge in [-0.1, -0.05) is 32.4 Å². The Hall–Kier alpha value is -0.500. The number of aromatic nitrogens is 2. The molecule has 0 radical (unpaired) electrons. The lowest BCUT2D eigenvalue weighted by Crippen LogP contribution is -2.17. The molecule has 0 aromatic carbocycles. The first-order valence-electron chi connectivity index (χ1n) is 3.77. The zero-order chi connectivity index (χ0) is 8.48. The summed E-state index contributed by atoms with van der Waals surface area (Å²) < 4.78 is 0. The van der Waals surface area contributed by atoms with Crippen LogP contribution in [0.3, 0.4) is 0 Å². The quantitative estimate of drug-likeness (QED) is 0.730. The fourth-order valence-electron chi connectivity index (χ4n) is 0.810. The Morgan fingerprint density at radius 3 is 2.64 bits per heavy atom. The SMILES string of the molecule is CCC(C)(C)c1ncc(Cl)[nH]1. The number of imidazole rings is 1. The number of nitrogens with one attached hydrogen (secondary N) is 1. The van der Waals surface area contributed by atoms with Crippen molar-refractivity contribution in [3.05, 3.63) is 17.2 Å². The third-order valence-corrected chi connectivity index (χ3v) is 2.26. The highest BCUT2D eigenvalue weighted by molar-refractivity contribution is 6.29. The molecule has 62 valence electrons. The van der Waals surface area contributed by atoms with Crippen LogP contribution in [0.25, 0.3) is 0 Å². The molecule has 0 fully saturated rings. The molecule has 0 unspecified atom stereocenters. The highest BCUT2D eigenvalue weighted by atomic mass is 35.5. The highest BCUT2D eigenvalue weighted by Crippen LogP contribution is 2.24. The Labute approximate surface area is 72.0 Å². The zero-order valence-corrected chi connectivity index (χ0v) is 7.87. The first-order valence-corrected chi connectivity index (χ1v) is 4.15. The van der Waals surface area contributed by atoms with E-state index in [1.165, 1.54) is 0 Å². The summed E-state index contributed by atoms with van der Waals surface area (Å²) in [5, 5.41) is 0.613. The van der Waals surface area contributed by atoms with Crippen LogP contribution in [0.5, 0.6) is 0 Å². The van der Waals surface area contributed by atoms with E-state index in [0.717, 1.165) is 12.2 Å². The van der Waals surface area contributed by atoms with Gasteiger partial charge in [-0.05, 0) is 6.42 Å². The number of nitrogens with zero attached hydrogens (tertiary/aromatic N) is 1. The molecule has 11 heavy (non-hydrogen) atoms. The zero-order valence-electron chi connectivity index (χ0n) is 7.11. The topological polar surface area (TPSA) is 28.7 Å². The van der Waals surface area contributed by atoms with E-state index in [1.807, 2.05) is 0 Å². The predicted molar refractivity (Wildman–Crippen MR) is 46.9 cm³/mol. The third kappa shape index (κ3) is 1.74. The second-order valence-corrected chi connectivity index (χ2v) is 3.72. The van der Waals surface area contributed by atoms with E-state index in [2.05, 4.69) is 30.7 Å². The van der Waals surface area contributed by atoms with Gasteiger partial charge in [0.2, 0.25) is 0 Å². The Morgan fingerprint density at radius 1 is 1.64 bits per heavy atom. The van der Waals surface area contributed by atoms with Crippen LogP contribution in [-0.4, -0.2) is 9.97 Å². The monoisotopic (exact) mass is 172 g/mol. The summed E-state index contributed by atoms with van der Waals surface area (Å²) >= 11 is 5.71. The molecule has 0 amide bonds. The molecule has 1 aromatic heterocycles. The lowest BCUT2D eigenvalue weighted by atomic mass is 9.90. The van der Waals surface area contributed by atoms with Crippen LogP contribution in [-0.2, 0) is 5.41 Å². The van der Waals surface area contributed by atoms with Crippen molar-refractivity contribution in [1.82, 2.24) is 9.97 Å². The molecule has 0 aliphatic carbocycles. The molecule has 1 rings (SSSR count). The molecule has 1 N–H and O–H groups in total. The highest BCUT2D eigenvalue weighted by Gasteiger charge is 2.20. The van der Waals surface area contributed by atoms with Crippen LogP contribution in [0.2, 0.25) is 5.15 Å². The average molecular weight is 173 g/mol. The summed E-state index contributed by atoms with van der Waals surface area (Å²) in [7, 11) is 0. The summed E-state index contributed by atoms with van der Waals surface area (Å²) in [4.78, 5) is 7.19. The number of hydrogen-bond donors (Lipinski definition) is 1. The van der Waals surface area contributed by atoms with Gasteiger partial charge in [0, 0.05) is 5.41 Å². The average Bonchev–Trinajstić information content (AvgIpc) is 2.36. The van der Waals surface area contributed by atoms with Crippen LogP contribution >= 0.6 is 11.6 Å². The van der Waals surface area contributed by atoms with E-state index in [4.69, 9.17) is 11.6 Å². The number of H-pyrrole nitrogens is 1. The van der Waals surface area contributed by atoms with Gasteiger partial charge in [0.15, 0.2) is 0 Å². The van der Waals surface area contributed by atoms with Crippen LogP contribution in [0.4, 0.5) is 0 Å². The first kappa shape index (κ1) is 8.60. The van der Waals surface area contributed by atoms with Gasteiger partial charge in [-0.15, -0.1) is 0 Å². The van der Waals surface area contributed by atoms with Crippen LogP contribution in [0, 0.1) is 0 Å². The van der Waals surface area contributed by atoms with Gasteiger partial charge in [-0.2, -0.15) is 0 Å². The maximum Gasteiger partial charge on any atom is 0.126 e. The fourth-order valence-corrected chi connectivity index (χ4v) is 0.949. The van der Waals surface area contributed by atoms with Crippen LogP contribution in [0.15, 0.2) is 6.20 Å². The minimum absolute atomic E-state index is 0.104. The second-order valence-electron chi connectivity index (χ2n) is 3.32. The van der Waals surface area contributed by atoms with Gasteiger partial charge < -0.3 is 4.98 Å². The van der Waals surface area contributed by atoms with Crippen molar-refractivity contribution in [2.45, 2.75) is 32.6 Å². The Kier molecular flexibility index (Phi) is 2.23. The largest absolute Gasteiger partial charge is 0.333 e. The normalized spacial score (nSPS) is 12.0. The lowest BCUT2D eigenvalue weighted by Gasteiger charge is -2.18. The molecule has 0 aliphatic heterocycles. The molecular formula is C8H13ClN2. The Balaban J connectivity index is 2.92. The van der Waals surface area contributed by atoms with Crippen molar-refractivity contribution < 1.29 is 0 Å². The van der Waals surface area contributed by atoms with Gasteiger partial charge in [-0.25, -0.2) is 4.98 Å². The number of halogens is 1. The standard InChI is InChI=1S/C8H13ClN2/c1-4-8(2,3)7-10-5-6(9)11-7/h5H,4H2,1-3H3,(H,10,11). The molecule has 1 aromatic rings. The van der Waals surface area contributed by atoms with Crippen molar-refractivity contribution in [2.75, 3.05) is 0 Å². The Bertz CT molecular complexity index is 240. The summed E-state index contributed by atoms with van der Waals surface area (Å²) in [5.74, 6) is 0.963. The number of rotatable bonds is 2. The fraction of sp³-hybridized carbons (Fsp3) is 0.625. The van der Waals surface area contributed by atoms with E-state index in [1.54, 1.807) is 6.20 Å². The molecule has 0 bridgehead atoms. The molecule has 1 heterocycles. The summed E-state index contributed by atoms with van der Waals surface area (Å²) in [6.45, 7) is 6.42. The smallest absolute Gasteiger partial charge is 0.126 e. The lowest BCUT2D eigenvalue weighted by molar-refractivity contribution is 0.477. The van der Waals surface area contributed by atoms with Gasteiger partial charge in [-0.3, -0.25) is 0 Å². The summed E-state index contributed by atoms with van der Waals surface area (Å²) in [6, 6.07) is 0. The van der Waals surface area contributed by atoms with Crippen LogP contribution in [0.1, 0.15) is 33.0 Å². The van der Waals surface area contributed by atoms with E-state index < -0.39 is 0 Å². The van der Waals surface area contributed by atoms with Crippen molar-refractivity contribution in [1.29, 1.82) is 0 Å². The summed E-state index contributed by atoms with van der Waals surface area (Å²) in [6.07, 6.45) is 2.70. The van der Waals surface area contributed by atoms with Gasteiger partial charge in [0.25, 0.3) is 0 Å². The van der Waals surface area contributed by atoms with Gasteiger partial charge in [0.1, 0.15) is 11.0 Å². The van der Waals surface area contributed by atoms with Crippen molar-refractivity contribution in [2.24, 2.45) is 0 Å². The van der Waals surface area contributed by atoms with Crippen molar-refractivity contribution in [3.8, 4) is 0 Å². The van der Waals surface area contributed by atoms with E-state index >= 15 is 0 Å². The minimum Gasteiger partial charge on any atom is -0.333 e. The molecule has 0 aliphatic rings. The van der Waals surface area contributed by atoms with E-state index in [9.17, 15) is 0 Å². The van der Waals surface area contributed by atoms with Gasteiger partial charge in [0.05, 0.1) is 6.20 Å². The molecule has 0 saturated carbocycles. The first-order chi connectivity index (χ1) is 5.06. The number of hydrogen-bond acceptors (Lipinski definition) is 1.